The van der Waals surface area contributed by atoms with Crippen molar-refractivity contribution in [3.05, 3.63) is 76.7 Å². The Labute approximate surface area is 173 Å². The lowest BCUT2D eigenvalue weighted by Crippen LogP contribution is -2.16. The predicted octanol–water partition coefficient (Wildman–Crippen LogP) is 4.93. The van der Waals surface area contributed by atoms with Crippen LogP contribution >= 0.6 is 11.6 Å². The summed E-state index contributed by atoms with van der Waals surface area (Å²) in [4.78, 5) is 17.6. The third-order valence-corrected chi connectivity index (χ3v) is 4.96. The van der Waals surface area contributed by atoms with Crippen molar-refractivity contribution in [1.29, 1.82) is 0 Å². The summed E-state index contributed by atoms with van der Waals surface area (Å²) < 4.78 is 6.94. The monoisotopic (exact) mass is 406 g/mol. The van der Waals surface area contributed by atoms with E-state index in [-0.39, 0.29) is 5.91 Å². The average molecular weight is 407 g/mol. The van der Waals surface area contributed by atoms with E-state index in [2.05, 4.69) is 15.4 Å². The first-order chi connectivity index (χ1) is 14.0. The maximum Gasteiger partial charge on any atom is 0.259 e. The molecular formula is C22H19ClN4O2. The van der Waals surface area contributed by atoms with E-state index in [9.17, 15) is 4.79 Å². The van der Waals surface area contributed by atoms with Gasteiger partial charge in [0.1, 0.15) is 5.75 Å². The summed E-state index contributed by atoms with van der Waals surface area (Å²) in [6.45, 7) is 3.73. The van der Waals surface area contributed by atoms with Crippen LogP contribution in [0.5, 0.6) is 5.75 Å². The van der Waals surface area contributed by atoms with Crippen molar-refractivity contribution in [2.24, 2.45) is 0 Å². The number of hydrogen-bond donors (Lipinski definition) is 1. The third-order valence-electron chi connectivity index (χ3n) is 4.71. The summed E-state index contributed by atoms with van der Waals surface area (Å²) in [5, 5.41) is 8.11. The van der Waals surface area contributed by atoms with Crippen LogP contribution in [0.1, 0.15) is 21.7 Å². The second-order valence-electron chi connectivity index (χ2n) is 6.63. The highest BCUT2D eigenvalue weighted by atomic mass is 35.5. The molecule has 0 radical (unpaired) electrons. The molecule has 146 valence electrons. The summed E-state index contributed by atoms with van der Waals surface area (Å²) in [5.74, 6) is 0.315. The van der Waals surface area contributed by atoms with Gasteiger partial charge >= 0.3 is 0 Å². The summed E-state index contributed by atoms with van der Waals surface area (Å²) in [6, 6.07) is 14.8. The number of halogens is 1. The maximum atomic E-state index is 12.9. The molecule has 0 aliphatic carbocycles. The normalized spacial score (nSPS) is 10.9. The standard InChI is InChI=1S/C22H19ClN4O2/c1-13-17(22(28)25-18-6-4-5-7-19(18)29-3)12-27-21(24-13)20(14(2)26-27)15-8-10-16(23)11-9-15/h4-12H,1-3H3,(H,25,28). The van der Waals surface area contributed by atoms with Crippen molar-refractivity contribution < 1.29 is 9.53 Å². The third kappa shape index (κ3) is 3.54. The molecule has 1 N–H and O–H groups in total. The number of aromatic nitrogens is 3. The van der Waals surface area contributed by atoms with Crippen LogP contribution in [-0.4, -0.2) is 27.6 Å². The van der Waals surface area contributed by atoms with E-state index in [1.54, 1.807) is 30.0 Å². The lowest BCUT2D eigenvalue weighted by Gasteiger charge is -2.11. The van der Waals surface area contributed by atoms with Gasteiger partial charge in [-0.25, -0.2) is 9.50 Å². The number of fused-ring (bicyclic) bond motifs is 1. The van der Waals surface area contributed by atoms with Crippen LogP contribution in [0.15, 0.2) is 54.7 Å². The topological polar surface area (TPSA) is 68.5 Å². The number of nitrogens with one attached hydrogen (secondary N) is 1. The largest absolute Gasteiger partial charge is 0.495 e. The Morgan fingerprint density at radius 3 is 2.52 bits per heavy atom. The predicted molar refractivity (Wildman–Crippen MR) is 114 cm³/mol. The van der Waals surface area contributed by atoms with Crippen molar-refractivity contribution in [1.82, 2.24) is 14.6 Å². The molecule has 2 aromatic heterocycles. The summed E-state index contributed by atoms with van der Waals surface area (Å²) in [5.41, 5.74) is 5.05. The molecule has 0 spiro atoms. The van der Waals surface area contributed by atoms with E-state index >= 15 is 0 Å². The number of hydrogen-bond acceptors (Lipinski definition) is 4. The number of amides is 1. The molecule has 2 heterocycles. The molecule has 0 bridgehead atoms. The maximum absolute atomic E-state index is 12.9. The van der Waals surface area contributed by atoms with Gasteiger partial charge in [-0.2, -0.15) is 5.10 Å². The Kier molecular flexibility index (Phi) is 4.94. The number of anilines is 1. The van der Waals surface area contributed by atoms with E-state index in [0.717, 1.165) is 16.8 Å². The first kappa shape index (κ1) is 19.0. The molecule has 0 saturated carbocycles. The summed E-state index contributed by atoms with van der Waals surface area (Å²) >= 11 is 6.01. The van der Waals surface area contributed by atoms with Crippen LogP contribution in [0, 0.1) is 13.8 Å². The first-order valence-corrected chi connectivity index (χ1v) is 9.42. The molecule has 1 amide bonds. The summed E-state index contributed by atoms with van der Waals surface area (Å²) in [6.07, 6.45) is 1.70. The van der Waals surface area contributed by atoms with Crippen LogP contribution in [-0.2, 0) is 0 Å². The van der Waals surface area contributed by atoms with Crippen LogP contribution < -0.4 is 10.1 Å². The molecule has 0 fully saturated rings. The fourth-order valence-electron chi connectivity index (χ4n) is 3.28. The van der Waals surface area contributed by atoms with Gasteiger partial charge in [0.05, 0.1) is 29.7 Å². The highest BCUT2D eigenvalue weighted by Crippen LogP contribution is 2.29. The van der Waals surface area contributed by atoms with Crippen LogP contribution in [0.3, 0.4) is 0 Å². The molecule has 0 unspecified atom stereocenters. The van der Waals surface area contributed by atoms with Gasteiger partial charge in [0.25, 0.3) is 5.91 Å². The van der Waals surface area contributed by atoms with Gasteiger partial charge in [-0.15, -0.1) is 0 Å². The van der Waals surface area contributed by atoms with Crippen molar-refractivity contribution >= 4 is 28.8 Å². The lowest BCUT2D eigenvalue weighted by atomic mass is 10.1. The Morgan fingerprint density at radius 2 is 1.79 bits per heavy atom. The first-order valence-electron chi connectivity index (χ1n) is 9.05. The highest BCUT2D eigenvalue weighted by molar-refractivity contribution is 6.30. The lowest BCUT2D eigenvalue weighted by molar-refractivity contribution is 0.102. The van der Waals surface area contributed by atoms with E-state index < -0.39 is 0 Å². The zero-order valence-corrected chi connectivity index (χ0v) is 17.0. The van der Waals surface area contributed by atoms with Crippen molar-refractivity contribution in [2.45, 2.75) is 13.8 Å². The van der Waals surface area contributed by atoms with Crippen LogP contribution in [0.25, 0.3) is 16.8 Å². The fraction of sp³-hybridized carbons (Fsp3) is 0.136. The highest BCUT2D eigenvalue weighted by Gasteiger charge is 2.18. The zero-order chi connectivity index (χ0) is 20.5. The van der Waals surface area contributed by atoms with Gasteiger partial charge in [-0.1, -0.05) is 35.9 Å². The SMILES string of the molecule is COc1ccccc1NC(=O)c1cn2nc(C)c(-c3ccc(Cl)cc3)c2nc1C. The second-order valence-corrected chi connectivity index (χ2v) is 7.07. The molecule has 7 heteroatoms. The number of para-hydroxylation sites is 2. The van der Waals surface area contributed by atoms with Gasteiger partial charge in [-0.05, 0) is 43.7 Å². The van der Waals surface area contributed by atoms with Gasteiger partial charge in [0.15, 0.2) is 5.65 Å². The number of aryl methyl sites for hydroxylation is 2. The minimum atomic E-state index is -0.275. The zero-order valence-electron chi connectivity index (χ0n) is 16.2. The second kappa shape index (κ2) is 7.56. The molecule has 29 heavy (non-hydrogen) atoms. The molecule has 4 rings (SSSR count). The van der Waals surface area contributed by atoms with Crippen LogP contribution in [0.4, 0.5) is 5.69 Å². The summed E-state index contributed by atoms with van der Waals surface area (Å²) in [7, 11) is 1.56. The number of nitrogens with zero attached hydrogens (tertiary/aromatic N) is 3. The molecule has 0 aliphatic heterocycles. The van der Waals surface area contributed by atoms with E-state index in [4.69, 9.17) is 16.3 Å². The minimum Gasteiger partial charge on any atom is -0.495 e. The van der Waals surface area contributed by atoms with Crippen molar-refractivity contribution in [2.75, 3.05) is 12.4 Å². The van der Waals surface area contributed by atoms with Gasteiger partial charge in [-0.3, -0.25) is 4.79 Å². The van der Waals surface area contributed by atoms with E-state index in [1.165, 1.54) is 0 Å². The fourth-order valence-corrected chi connectivity index (χ4v) is 3.41. The van der Waals surface area contributed by atoms with Gasteiger partial charge in [0, 0.05) is 16.8 Å². The Hall–Kier alpha value is -3.38. The average Bonchev–Trinajstić information content (AvgIpc) is 3.03. The number of benzene rings is 2. The number of rotatable bonds is 4. The minimum absolute atomic E-state index is 0.275. The van der Waals surface area contributed by atoms with Crippen LogP contribution in [0.2, 0.25) is 5.02 Å². The molecule has 0 atom stereocenters. The van der Waals surface area contributed by atoms with Gasteiger partial charge in [0.2, 0.25) is 0 Å². The van der Waals surface area contributed by atoms with E-state index in [0.29, 0.717) is 33.4 Å². The molecule has 4 aromatic rings. The number of ether oxygens (including phenoxy) is 1. The van der Waals surface area contributed by atoms with Crippen molar-refractivity contribution in [3.63, 3.8) is 0 Å². The molecule has 0 saturated heterocycles. The Bertz CT molecular complexity index is 1220. The smallest absolute Gasteiger partial charge is 0.259 e. The number of carbonyl (C=O) groups excluding carboxylic acids is 1. The number of methoxy groups -OCH3 is 1. The molecular weight excluding hydrogens is 388 g/mol. The Balaban J connectivity index is 1.75. The molecule has 2 aromatic carbocycles. The van der Waals surface area contributed by atoms with Crippen molar-refractivity contribution in [3.8, 4) is 16.9 Å². The molecule has 0 aliphatic rings. The quantitative estimate of drug-likeness (QED) is 0.522. The van der Waals surface area contributed by atoms with Gasteiger partial charge < -0.3 is 10.1 Å². The molecule has 6 nitrogen and oxygen atoms in total. The van der Waals surface area contributed by atoms with E-state index in [1.807, 2.05) is 50.2 Å². The number of carbonyl (C=O) groups is 1. The Morgan fingerprint density at radius 1 is 1.07 bits per heavy atom.